The quantitative estimate of drug-likeness (QED) is 0.379. The van der Waals surface area contributed by atoms with Gasteiger partial charge >= 0.3 is 12.2 Å². The fraction of sp³-hybridized carbons (Fsp3) is 0.321. The molecule has 1 saturated heterocycles. The highest BCUT2D eigenvalue weighted by Gasteiger charge is 2.30. The molecule has 2 amide bonds. The second-order valence-electron chi connectivity index (χ2n) is 8.98. The van der Waals surface area contributed by atoms with Crippen LogP contribution >= 0.6 is 11.6 Å². The Hall–Kier alpha value is -3.07. The highest BCUT2D eigenvalue weighted by molar-refractivity contribution is 6.30. The van der Waals surface area contributed by atoms with Gasteiger partial charge in [0.15, 0.2) is 0 Å². The van der Waals surface area contributed by atoms with Gasteiger partial charge in [-0.3, -0.25) is 4.90 Å². The van der Waals surface area contributed by atoms with E-state index in [-0.39, 0.29) is 18.7 Å². The van der Waals surface area contributed by atoms with Crippen molar-refractivity contribution in [3.05, 3.63) is 106 Å². The van der Waals surface area contributed by atoms with Crippen LogP contribution in [0.2, 0.25) is 5.02 Å². The molecule has 1 fully saturated rings. The monoisotopic (exact) mass is 531 g/mol. The molecule has 0 bridgehead atoms. The summed E-state index contributed by atoms with van der Waals surface area (Å²) in [6, 6.07) is 22.1. The maximum atomic E-state index is 12.9. The van der Waals surface area contributed by atoms with Gasteiger partial charge in [-0.05, 0) is 41.0 Å². The van der Waals surface area contributed by atoms with Crippen LogP contribution in [0.15, 0.2) is 78.9 Å². The minimum Gasteiger partial charge on any atom is -0.368 e. The molecule has 37 heavy (non-hydrogen) atoms. The normalized spacial score (nSPS) is 15.4. The third-order valence-corrected chi connectivity index (χ3v) is 6.60. The maximum absolute atomic E-state index is 12.9. The number of alkyl halides is 3. The Labute approximate surface area is 219 Å². The van der Waals surface area contributed by atoms with E-state index in [9.17, 15) is 18.0 Å². The average Bonchev–Trinajstić information content (AvgIpc) is 2.91. The number of piperazine rings is 1. The fourth-order valence-corrected chi connectivity index (χ4v) is 4.30. The van der Waals surface area contributed by atoms with Gasteiger partial charge < -0.3 is 15.0 Å². The Bertz CT molecular complexity index is 1130. The zero-order valence-corrected chi connectivity index (χ0v) is 21.0. The molecule has 5 nitrogen and oxygen atoms in total. The van der Waals surface area contributed by atoms with Crippen molar-refractivity contribution >= 4 is 17.6 Å². The molecule has 1 N–H and O–H groups in total. The van der Waals surface area contributed by atoms with Crippen LogP contribution in [0.25, 0.3) is 0 Å². The standard InChI is InChI=1S/C28H29ClF3N3O2/c29-25-12-8-23(9-13-25)26(37-20-22-6-10-24(11-7-22)28(30,31)32)19-34-14-16-35(17-15-34)27(36)33-18-21-4-2-1-3-5-21/h1-13,26H,14-20H2,(H,33,36)/t26-/m0/s1. The average molecular weight is 532 g/mol. The number of amides is 2. The number of hydrogen-bond donors (Lipinski definition) is 1. The molecule has 1 heterocycles. The molecule has 3 aromatic carbocycles. The molecule has 0 aromatic heterocycles. The largest absolute Gasteiger partial charge is 0.416 e. The van der Waals surface area contributed by atoms with Crippen LogP contribution in [-0.2, 0) is 24.1 Å². The van der Waals surface area contributed by atoms with Gasteiger partial charge in [-0.25, -0.2) is 4.79 Å². The third kappa shape index (κ3) is 7.95. The number of carbonyl (C=O) groups excluding carboxylic acids is 1. The zero-order chi connectivity index (χ0) is 26.3. The predicted molar refractivity (Wildman–Crippen MR) is 137 cm³/mol. The summed E-state index contributed by atoms with van der Waals surface area (Å²) in [4.78, 5) is 16.6. The minimum atomic E-state index is -4.37. The van der Waals surface area contributed by atoms with Crippen molar-refractivity contribution in [1.82, 2.24) is 15.1 Å². The number of hydrogen-bond acceptors (Lipinski definition) is 3. The lowest BCUT2D eigenvalue weighted by atomic mass is 10.1. The third-order valence-electron chi connectivity index (χ3n) is 6.34. The number of rotatable bonds is 8. The lowest BCUT2D eigenvalue weighted by Crippen LogP contribution is -2.52. The van der Waals surface area contributed by atoms with Crippen LogP contribution in [0.1, 0.15) is 28.4 Å². The maximum Gasteiger partial charge on any atom is 0.416 e. The van der Waals surface area contributed by atoms with Gasteiger partial charge in [0, 0.05) is 44.3 Å². The molecule has 0 spiro atoms. The number of nitrogens with zero attached hydrogens (tertiary/aromatic N) is 2. The van der Waals surface area contributed by atoms with Crippen LogP contribution in [0.5, 0.6) is 0 Å². The highest BCUT2D eigenvalue weighted by Crippen LogP contribution is 2.30. The molecule has 3 aromatic rings. The first-order valence-corrected chi connectivity index (χ1v) is 12.5. The van der Waals surface area contributed by atoms with Gasteiger partial charge in [-0.2, -0.15) is 13.2 Å². The first-order valence-electron chi connectivity index (χ1n) is 12.1. The van der Waals surface area contributed by atoms with Gasteiger partial charge in [0.25, 0.3) is 0 Å². The molecule has 1 atom stereocenters. The lowest BCUT2D eigenvalue weighted by molar-refractivity contribution is -0.137. The summed E-state index contributed by atoms with van der Waals surface area (Å²) >= 11 is 6.06. The molecule has 0 saturated carbocycles. The molecule has 4 rings (SSSR count). The molecule has 9 heteroatoms. The number of halogens is 4. The van der Waals surface area contributed by atoms with Crippen LogP contribution in [0, 0.1) is 0 Å². The van der Waals surface area contributed by atoms with Crippen molar-refractivity contribution in [2.24, 2.45) is 0 Å². The number of nitrogens with one attached hydrogen (secondary N) is 1. The topological polar surface area (TPSA) is 44.8 Å². The molecular weight excluding hydrogens is 503 g/mol. The van der Waals surface area contributed by atoms with Gasteiger partial charge in [-0.15, -0.1) is 0 Å². The zero-order valence-electron chi connectivity index (χ0n) is 20.3. The van der Waals surface area contributed by atoms with Crippen LogP contribution in [0.3, 0.4) is 0 Å². The molecule has 1 aliphatic heterocycles. The van der Waals surface area contributed by atoms with Crippen molar-refractivity contribution < 1.29 is 22.7 Å². The minimum absolute atomic E-state index is 0.0868. The summed E-state index contributed by atoms with van der Waals surface area (Å²) in [5.74, 6) is 0. The van der Waals surface area contributed by atoms with E-state index >= 15 is 0 Å². The van der Waals surface area contributed by atoms with E-state index in [2.05, 4.69) is 10.2 Å². The van der Waals surface area contributed by atoms with Crippen molar-refractivity contribution in [3.8, 4) is 0 Å². The summed E-state index contributed by atoms with van der Waals surface area (Å²) in [6.07, 6.45) is -4.68. The van der Waals surface area contributed by atoms with E-state index in [4.69, 9.17) is 16.3 Å². The fourth-order valence-electron chi connectivity index (χ4n) is 4.17. The molecule has 1 aliphatic rings. The smallest absolute Gasteiger partial charge is 0.368 e. The Morgan fingerprint density at radius 1 is 0.892 bits per heavy atom. The lowest BCUT2D eigenvalue weighted by Gasteiger charge is -2.36. The summed E-state index contributed by atoms with van der Waals surface area (Å²) in [7, 11) is 0. The Morgan fingerprint density at radius 3 is 2.16 bits per heavy atom. The van der Waals surface area contributed by atoms with Gasteiger partial charge in [0.2, 0.25) is 0 Å². The van der Waals surface area contributed by atoms with Crippen molar-refractivity contribution in [2.45, 2.75) is 25.4 Å². The Kier molecular flexibility index (Phi) is 9.08. The number of benzene rings is 3. The van der Waals surface area contributed by atoms with E-state index in [0.717, 1.165) is 23.3 Å². The summed E-state index contributed by atoms with van der Waals surface area (Å²) in [6.45, 7) is 3.80. The van der Waals surface area contributed by atoms with Crippen molar-refractivity contribution in [3.63, 3.8) is 0 Å². The number of carbonyl (C=O) groups is 1. The van der Waals surface area contributed by atoms with Crippen LogP contribution in [-0.4, -0.2) is 48.6 Å². The van der Waals surface area contributed by atoms with E-state index in [1.54, 1.807) is 17.0 Å². The summed E-state index contributed by atoms with van der Waals surface area (Å²) < 4.78 is 44.8. The molecule has 196 valence electrons. The van der Waals surface area contributed by atoms with Crippen molar-refractivity contribution in [2.75, 3.05) is 32.7 Å². The Morgan fingerprint density at radius 2 is 1.54 bits per heavy atom. The molecule has 0 unspecified atom stereocenters. The second kappa shape index (κ2) is 12.4. The van der Waals surface area contributed by atoms with E-state index in [1.165, 1.54) is 12.1 Å². The number of urea groups is 1. The van der Waals surface area contributed by atoms with Gasteiger partial charge in [-0.1, -0.05) is 66.2 Å². The molecule has 0 radical (unpaired) electrons. The number of ether oxygens (including phenoxy) is 1. The van der Waals surface area contributed by atoms with Crippen LogP contribution in [0.4, 0.5) is 18.0 Å². The van der Waals surface area contributed by atoms with E-state index < -0.39 is 11.7 Å². The van der Waals surface area contributed by atoms with Gasteiger partial charge in [0.1, 0.15) is 0 Å². The molecule has 0 aliphatic carbocycles. The van der Waals surface area contributed by atoms with E-state index in [0.29, 0.717) is 49.9 Å². The predicted octanol–water partition coefficient (Wildman–Crippen LogP) is 6.14. The van der Waals surface area contributed by atoms with Crippen molar-refractivity contribution in [1.29, 1.82) is 0 Å². The Balaban J connectivity index is 1.32. The first-order chi connectivity index (χ1) is 17.8. The van der Waals surface area contributed by atoms with Crippen LogP contribution < -0.4 is 5.32 Å². The highest BCUT2D eigenvalue weighted by atomic mass is 35.5. The van der Waals surface area contributed by atoms with Gasteiger partial charge in [0.05, 0.1) is 18.3 Å². The first kappa shape index (κ1) is 27.0. The van der Waals surface area contributed by atoms with E-state index in [1.807, 2.05) is 42.5 Å². The summed E-state index contributed by atoms with van der Waals surface area (Å²) in [5.41, 5.74) is 1.95. The second-order valence-corrected chi connectivity index (χ2v) is 9.41. The molecular formula is C28H29ClF3N3O2. The summed E-state index contributed by atoms with van der Waals surface area (Å²) in [5, 5.41) is 3.58. The SMILES string of the molecule is O=C(NCc1ccccc1)N1CCN(C[C@H](OCc2ccc(C(F)(F)F)cc2)c2ccc(Cl)cc2)CC1.